The van der Waals surface area contributed by atoms with Crippen LogP contribution >= 0.6 is 0 Å². The number of amides is 1. The largest absolute Gasteiger partial charge is 0.496 e. The molecule has 0 bridgehead atoms. The maximum absolute atomic E-state index is 12.3. The second kappa shape index (κ2) is 7.84. The van der Waals surface area contributed by atoms with Crippen LogP contribution in [0.15, 0.2) is 24.3 Å². The first-order valence-corrected chi connectivity index (χ1v) is 10.8. The van der Waals surface area contributed by atoms with Crippen molar-refractivity contribution in [2.75, 3.05) is 38.3 Å². The fourth-order valence-corrected chi connectivity index (χ4v) is 5.78. The van der Waals surface area contributed by atoms with Gasteiger partial charge in [0.25, 0.3) is 0 Å². The average molecular weight is 382 g/mol. The molecule has 0 aliphatic carbocycles. The van der Waals surface area contributed by atoms with Crippen molar-refractivity contribution in [3.05, 3.63) is 29.8 Å². The number of hydrogen-bond donors (Lipinski definition) is 0. The SMILES string of the molecule is CCCOC(=O)N1CCN(Cc2ccccc2OC)[C@H]2CS(=O)(=O)C[C@H]21. The van der Waals surface area contributed by atoms with E-state index in [1.807, 2.05) is 31.2 Å². The number of carbonyl (C=O) groups is 1. The summed E-state index contributed by atoms with van der Waals surface area (Å²) < 4.78 is 35.2. The average Bonchev–Trinajstić information content (AvgIpc) is 2.95. The summed E-state index contributed by atoms with van der Waals surface area (Å²) in [7, 11) is -1.55. The fraction of sp³-hybridized carbons (Fsp3) is 0.611. The van der Waals surface area contributed by atoms with Gasteiger partial charge in [0, 0.05) is 31.2 Å². The van der Waals surface area contributed by atoms with Gasteiger partial charge in [0.05, 0.1) is 31.3 Å². The van der Waals surface area contributed by atoms with Crippen molar-refractivity contribution in [2.45, 2.75) is 32.0 Å². The lowest BCUT2D eigenvalue weighted by atomic mass is 10.0. The van der Waals surface area contributed by atoms with Crippen molar-refractivity contribution in [1.29, 1.82) is 0 Å². The number of methoxy groups -OCH3 is 1. The van der Waals surface area contributed by atoms with E-state index >= 15 is 0 Å². The van der Waals surface area contributed by atoms with Gasteiger partial charge in [-0.1, -0.05) is 25.1 Å². The van der Waals surface area contributed by atoms with E-state index in [-0.39, 0.29) is 23.6 Å². The summed E-state index contributed by atoms with van der Waals surface area (Å²) in [6.07, 6.45) is 0.335. The minimum absolute atomic E-state index is 0.00131. The number of benzene rings is 1. The molecule has 2 heterocycles. The molecule has 2 fully saturated rings. The quantitative estimate of drug-likeness (QED) is 0.769. The Balaban J connectivity index is 1.79. The second-order valence-corrected chi connectivity index (χ2v) is 8.96. The van der Waals surface area contributed by atoms with Crippen LogP contribution in [0.3, 0.4) is 0 Å². The number of fused-ring (bicyclic) bond motifs is 1. The summed E-state index contributed by atoms with van der Waals surface area (Å²) in [6.45, 7) is 3.95. The van der Waals surface area contributed by atoms with Crippen LogP contribution in [-0.4, -0.2) is 74.7 Å². The first kappa shape index (κ1) is 19.0. The van der Waals surface area contributed by atoms with Crippen LogP contribution in [0.25, 0.3) is 0 Å². The molecule has 8 heteroatoms. The lowest BCUT2D eigenvalue weighted by Crippen LogP contribution is -2.60. The molecule has 26 heavy (non-hydrogen) atoms. The number of sulfone groups is 1. The van der Waals surface area contributed by atoms with E-state index in [0.29, 0.717) is 26.2 Å². The topological polar surface area (TPSA) is 76.2 Å². The number of piperazine rings is 1. The van der Waals surface area contributed by atoms with Crippen molar-refractivity contribution in [3.63, 3.8) is 0 Å². The van der Waals surface area contributed by atoms with Crippen LogP contribution < -0.4 is 4.74 Å². The van der Waals surface area contributed by atoms with Crippen LogP contribution in [0.5, 0.6) is 5.75 Å². The Morgan fingerprint density at radius 2 is 1.92 bits per heavy atom. The van der Waals surface area contributed by atoms with Gasteiger partial charge in [-0.2, -0.15) is 0 Å². The molecular formula is C18H26N2O5S. The summed E-state index contributed by atoms with van der Waals surface area (Å²) in [5.74, 6) is 0.862. The highest BCUT2D eigenvalue weighted by atomic mass is 32.2. The van der Waals surface area contributed by atoms with Gasteiger partial charge in [0.2, 0.25) is 0 Å². The van der Waals surface area contributed by atoms with E-state index < -0.39 is 15.9 Å². The van der Waals surface area contributed by atoms with Gasteiger partial charge in [0.15, 0.2) is 9.84 Å². The van der Waals surface area contributed by atoms with Gasteiger partial charge in [-0.25, -0.2) is 13.2 Å². The number of carbonyl (C=O) groups excluding carboxylic acids is 1. The molecule has 2 saturated heterocycles. The molecule has 0 saturated carbocycles. The molecule has 2 aliphatic heterocycles. The minimum Gasteiger partial charge on any atom is -0.496 e. The number of ether oxygens (including phenoxy) is 2. The predicted molar refractivity (Wildman–Crippen MR) is 98.0 cm³/mol. The summed E-state index contributed by atoms with van der Waals surface area (Å²) in [4.78, 5) is 16.1. The molecule has 0 N–H and O–H groups in total. The van der Waals surface area contributed by atoms with Gasteiger partial charge in [0.1, 0.15) is 5.75 Å². The summed E-state index contributed by atoms with van der Waals surface area (Å²) in [5, 5.41) is 0. The van der Waals surface area contributed by atoms with E-state index in [0.717, 1.165) is 17.7 Å². The van der Waals surface area contributed by atoms with E-state index in [4.69, 9.17) is 9.47 Å². The Morgan fingerprint density at radius 3 is 2.65 bits per heavy atom. The van der Waals surface area contributed by atoms with Crippen LogP contribution in [0.1, 0.15) is 18.9 Å². The lowest BCUT2D eigenvalue weighted by molar-refractivity contribution is 0.0266. The number of para-hydroxylation sites is 1. The molecular weight excluding hydrogens is 356 g/mol. The number of hydrogen-bond acceptors (Lipinski definition) is 6. The van der Waals surface area contributed by atoms with Gasteiger partial charge in [-0.05, 0) is 12.5 Å². The summed E-state index contributed by atoms with van der Waals surface area (Å²) in [6, 6.07) is 7.17. The van der Waals surface area contributed by atoms with Gasteiger partial charge in [-0.15, -0.1) is 0 Å². The first-order valence-electron chi connectivity index (χ1n) is 8.95. The summed E-state index contributed by atoms with van der Waals surface area (Å²) >= 11 is 0. The molecule has 7 nitrogen and oxygen atoms in total. The van der Waals surface area contributed by atoms with E-state index in [2.05, 4.69) is 4.90 Å². The third kappa shape index (κ3) is 3.96. The Bertz CT molecular complexity index is 752. The Labute approximate surface area is 154 Å². The number of nitrogens with zero attached hydrogens (tertiary/aromatic N) is 2. The van der Waals surface area contributed by atoms with E-state index in [9.17, 15) is 13.2 Å². The van der Waals surface area contributed by atoms with Crippen molar-refractivity contribution in [3.8, 4) is 5.75 Å². The maximum Gasteiger partial charge on any atom is 0.410 e. The van der Waals surface area contributed by atoms with E-state index in [1.54, 1.807) is 12.0 Å². The zero-order chi connectivity index (χ0) is 18.7. The Hall–Kier alpha value is -1.80. The van der Waals surface area contributed by atoms with Crippen LogP contribution in [-0.2, 0) is 21.1 Å². The van der Waals surface area contributed by atoms with E-state index in [1.165, 1.54) is 0 Å². The molecule has 2 atom stereocenters. The molecule has 2 aliphatic rings. The highest BCUT2D eigenvalue weighted by Gasteiger charge is 2.48. The van der Waals surface area contributed by atoms with Crippen molar-refractivity contribution in [2.24, 2.45) is 0 Å². The smallest absolute Gasteiger partial charge is 0.410 e. The van der Waals surface area contributed by atoms with Crippen molar-refractivity contribution in [1.82, 2.24) is 9.80 Å². The highest BCUT2D eigenvalue weighted by molar-refractivity contribution is 7.91. The van der Waals surface area contributed by atoms with Gasteiger partial charge >= 0.3 is 6.09 Å². The predicted octanol–water partition coefficient (Wildman–Crippen LogP) is 1.53. The molecule has 0 radical (unpaired) electrons. The molecule has 0 unspecified atom stereocenters. The third-order valence-corrected chi connectivity index (χ3v) is 6.72. The maximum atomic E-state index is 12.3. The Morgan fingerprint density at radius 1 is 1.19 bits per heavy atom. The van der Waals surface area contributed by atoms with Gasteiger partial charge in [-0.3, -0.25) is 4.90 Å². The lowest BCUT2D eigenvalue weighted by Gasteiger charge is -2.43. The van der Waals surface area contributed by atoms with Crippen LogP contribution in [0, 0.1) is 0 Å². The molecule has 1 aromatic carbocycles. The van der Waals surface area contributed by atoms with Crippen LogP contribution in [0.4, 0.5) is 4.79 Å². The zero-order valence-corrected chi connectivity index (χ0v) is 16.1. The molecule has 144 valence electrons. The molecule has 0 aromatic heterocycles. The second-order valence-electron chi connectivity index (χ2n) is 6.80. The summed E-state index contributed by atoms with van der Waals surface area (Å²) in [5.41, 5.74) is 1.01. The molecule has 3 rings (SSSR count). The van der Waals surface area contributed by atoms with Gasteiger partial charge < -0.3 is 14.4 Å². The number of rotatable bonds is 5. The normalized spacial score (nSPS) is 24.9. The monoisotopic (exact) mass is 382 g/mol. The third-order valence-electron chi connectivity index (χ3n) is 5.02. The molecule has 1 amide bonds. The molecule has 0 spiro atoms. The molecule has 1 aromatic rings. The van der Waals surface area contributed by atoms with Crippen LogP contribution in [0.2, 0.25) is 0 Å². The zero-order valence-electron chi connectivity index (χ0n) is 15.3. The Kier molecular flexibility index (Phi) is 5.72. The van der Waals surface area contributed by atoms with Crippen molar-refractivity contribution >= 4 is 15.9 Å². The highest BCUT2D eigenvalue weighted by Crippen LogP contribution is 2.30. The standard InChI is InChI=1S/C18H26N2O5S/c1-3-10-25-18(21)20-9-8-19(15-12-26(22,23)13-16(15)20)11-14-6-4-5-7-17(14)24-2/h4-7,15-16H,3,8-13H2,1-2H3/t15-,16+/m0/s1. The fourth-order valence-electron chi connectivity index (χ4n) is 3.77. The van der Waals surface area contributed by atoms with Crippen molar-refractivity contribution < 1.29 is 22.7 Å². The first-order chi connectivity index (χ1) is 12.4. The minimum atomic E-state index is -3.18.